The second kappa shape index (κ2) is 34.8. The van der Waals surface area contributed by atoms with E-state index in [0.29, 0.717) is 5.82 Å². The Labute approximate surface area is 817 Å². The van der Waals surface area contributed by atoms with Crippen molar-refractivity contribution in [2.24, 2.45) is 0 Å². The average molecular weight is 1800 g/mol. The maximum absolute atomic E-state index is 5.44. The number of rotatable bonds is 16. The van der Waals surface area contributed by atoms with E-state index < -0.39 is 10.8 Å². The van der Waals surface area contributed by atoms with E-state index >= 15 is 0 Å². The number of benzene rings is 21. The molecule has 140 heavy (non-hydrogen) atoms. The van der Waals surface area contributed by atoms with E-state index in [1.165, 1.54) is 120 Å². The molecule has 0 aliphatic heterocycles. The predicted octanol–water partition coefficient (Wildman–Crippen LogP) is 35.1. The van der Waals surface area contributed by atoms with E-state index in [9.17, 15) is 0 Å². The maximum atomic E-state index is 5.44. The van der Waals surface area contributed by atoms with Crippen LogP contribution in [0.5, 0.6) is 0 Å². The molecule has 0 spiro atoms. The smallest absolute Gasteiger partial charge is 0.160 e. The summed E-state index contributed by atoms with van der Waals surface area (Å²) in [6.45, 7) is 0. The molecule has 0 saturated carbocycles. The van der Waals surface area contributed by atoms with E-state index in [2.05, 4.69) is 521 Å². The van der Waals surface area contributed by atoms with Gasteiger partial charge in [0.2, 0.25) is 0 Å². The van der Waals surface area contributed by atoms with Crippen molar-refractivity contribution in [1.82, 2.24) is 19.9 Å². The summed E-state index contributed by atoms with van der Waals surface area (Å²) >= 11 is 1.85. The Kier molecular flexibility index (Phi) is 20.5. The molecule has 0 atom stereocenters. The number of pyridine rings is 2. The third-order valence-corrected chi connectivity index (χ3v) is 29.9. The van der Waals surface area contributed by atoms with Gasteiger partial charge in [-0.15, -0.1) is 11.3 Å². The number of thiophene rings is 1. The number of aromatic nitrogens is 4. The van der Waals surface area contributed by atoms with Crippen molar-refractivity contribution >= 4 is 91.9 Å². The van der Waals surface area contributed by atoms with Crippen molar-refractivity contribution in [2.75, 3.05) is 4.90 Å². The molecule has 4 heterocycles. The summed E-state index contributed by atoms with van der Waals surface area (Å²) in [7, 11) is 0. The summed E-state index contributed by atoms with van der Waals surface area (Å²) in [4.78, 5) is 23.6. The van der Waals surface area contributed by atoms with Gasteiger partial charge in [-0.3, -0.25) is 0 Å². The molecule has 654 valence electrons. The molecule has 2 aliphatic carbocycles. The number of anilines is 3. The van der Waals surface area contributed by atoms with Crippen LogP contribution in [-0.4, -0.2) is 19.9 Å². The van der Waals surface area contributed by atoms with Gasteiger partial charge >= 0.3 is 0 Å². The van der Waals surface area contributed by atoms with E-state index in [4.69, 9.17) is 19.9 Å². The molecule has 0 saturated heterocycles. The zero-order chi connectivity index (χ0) is 92.6. The fourth-order valence-electron chi connectivity index (χ4n) is 22.3. The summed E-state index contributed by atoms with van der Waals surface area (Å²) in [6.07, 6.45) is 0. The second-order valence-corrected chi connectivity index (χ2v) is 37.5. The normalized spacial score (nSPS) is 12.5. The van der Waals surface area contributed by atoms with Crippen LogP contribution in [0.25, 0.3) is 187 Å². The van der Waals surface area contributed by atoms with Gasteiger partial charge < -0.3 is 4.90 Å². The van der Waals surface area contributed by atoms with E-state index in [1.807, 2.05) is 23.5 Å². The Balaban J connectivity index is 0.000000145. The topological polar surface area (TPSA) is 54.8 Å². The maximum Gasteiger partial charge on any atom is 0.160 e. The van der Waals surface area contributed by atoms with Crippen molar-refractivity contribution in [1.29, 1.82) is 0 Å². The molecule has 21 aromatic carbocycles. The molecule has 2 aliphatic rings. The predicted molar refractivity (Wildman–Crippen MR) is 585 cm³/mol. The van der Waals surface area contributed by atoms with Crippen LogP contribution in [0.15, 0.2) is 528 Å². The Hall–Kier alpha value is -17.9. The van der Waals surface area contributed by atoms with Gasteiger partial charge in [0.1, 0.15) is 0 Å². The van der Waals surface area contributed by atoms with Gasteiger partial charge in [-0.1, -0.05) is 467 Å². The van der Waals surface area contributed by atoms with Crippen molar-refractivity contribution in [2.45, 2.75) is 10.8 Å². The number of fused-ring (bicyclic) bond motifs is 17. The lowest BCUT2D eigenvalue weighted by atomic mass is 9.67. The lowest BCUT2D eigenvalue weighted by Gasteiger charge is -2.34. The average Bonchev–Trinajstić information content (AvgIpc) is 1.52. The Morgan fingerprint density at radius 3 is 0.907 bits per heavy atom. The zero-order valence-electron chi connectivity index (χ0n) is 76.4. The molecule has 4 aromatic heterocycles. The van der Waals surface area contributed by atoms with Crippen molar-refractivity contribution < 1.29 is 0 Å². The summed E-state index contributed by atoms with van der Waals surface area (Å²) < 4.78 is 2.60. The Bertz CT molecular complexity index is 8840. The van der Waals surface area contributed by atoms with Gasteiger partial charge in [-0.25, -0.2) is 19.9 Å². The van der Waals surface area contributed by atoms with Gasteiger partial charge in [0.15, 0.2) is 5.82 Å². The molecule has 0 fully saturated rings. The molecule has 0 unspecified atom stereocenters. The number of nitrogens with zero attached hydrogens (tertiary/aromatic N) is 5. The minimum absolute atomic E-state index is 0.477. The van der Waals surface area contributed by atoms with Gasteiger partial charge in [0, 0.05) is 97.4 Å². The molecule has 0 bridgehead atoms. The van der Waals surface area contributed by atoms with Crippen molar-refractivity contribution in [3.8, 4) is 123 Å². The highest BCUT2D eigenvalue weighted by Gasteiger charge is 2.49. The van der Waals surface area contributed by atoms with E-state index in [1.54, 1.807) is 0 Å². The lowest BCUT2D eigenvalue weighted by Crippen LogP contribution is -2.28. The zero-order valence-corrected chi connectivity index (χ0v) is 77.2. The molecular weight excluding hydrogens is 1710 g/mol. The largest absolute Gasteiger partial charge is 0.310 e. The van der Waals surface area contributed by atoms with E-state index in [-0.39, 0.29) is 0 Å². The van der Waals surface area contributed by atoms with Gasteiger partial charge in [0.05, 0.1) is 44.6 Å². The Morgan fingerprint density at radius 1 is 0.186 bits per heavy atom. The molecule has 25 aromatic rings. The van der Waals surface area contributed by atoms with Crippen LogP contribution in [0, 0.1) is 0 Å². The SMILES string of the molecule is c1ccc(-c2ccc(-c3cc(-c4ccc(-c5ccc(-c6nc7ccccc7c7c8c(ccc67)C(c6ccccc6)(c6ccccc6)c6ccccc6-8)cc5)cc4)nc(-c4ccc(-c5ccccc5)cc4)n3)cc2)cc1.c1ccc(N(c2ccc(-c3ccc(-c4nc5ccccc5c5c6c(ccc45)C(c4ccccc4)(c4ccccc4)c4ccccc4-6)cc3)cc2)c2ccc3c(c2)sc2ccccc23)cc1. The van der Waals surface area contributed by atoms with Crippen molar-refractivity contribution in [3.63, 3.8) is 0 Å². The molecule has 5 nitrogen and oxygen atoms in total. The monoisotopic (exact) mass is 1800 g/mol. The number of para-hydroxylation sites is 3. The summed E-state index contributed by atoms with van der Waals surface area (Å²) in [5.74, 6) is 0.685. The molecular formula is C134H87N5S. The highest BCUT2D eigenvalue weighted by atomic mass is 32.1. The first-order valence-electron chi connectivity index (χ1n) is 47.9. The van der Waals surface area contributed by atoms with Crippen LogP contribution in [0.4, 0.5) is 17.1 Å². The van der Waals surface area contributed by atoms with Gasteiger partial charge in [-0.2, -0.15) is 0 Å². The molecule has 0 radical (unpaired) electrons. The van der Waals surface area contributed by atoms with Crippen LogP contribution >= 0.6 is 11.3 Å². The van der Waals surface area contributed by atoms with Crippen LogP contribution in [-0.2, 0) is 10.8 Å². The first kappa shape index (κ1) is 82.7. The van der Waals surface area contributed by atoms with Crippen molar-refractivity contribution in [3.05, 3.63) is 572 Å². The van der Waals surface area contributed by atoms with Crippen LogP contribution in [0.3, 0.4) is 0 Å². The van der Waals surface area contributed by atoms with Crippen LogP contribution in [0.1, 0.15) is 44.5 Å². The lowest BCUT2D eigenvalue weighted by molar-refractivity contribution is 0.769. The molecule has 6 heteroatoms. The number of hydrogen-bond donors (Lipinski definition) is 0. The summed E-state index contributed by atoms with van der Waals surface area (Å²) in [6, 6.07) is 191. The third kappa shape index (κ3) is 14.0. The minimum Gasteiger partial charge on any atom is -0.310 e. The quantitative estimate of drug-likeness (QED) is 0.0903. The fraction of sp³-hybridized carbons (Fsp3) is 0.0149. The highest BCUT2D eigenvalue weighted by Crippen LogP contribution is 2.62. The van der Waals surface area contributed by atoms with E-state index in [0.717, 1.165) is 123 Å². The Morgan fingerprint density at radius 2 is 0.486 bits per heavy atom. The standard InChI is InChI=1S/C72H47N3.C62H40N2S/c1-5-17-48(18-6-1)50-29-37-54(38-30-50)66-47-67(75-71(74-66)57-43-35-51(36-44-57)49-19-7-2-8-20-49)55-39-31-52(32-40-55)53-33-41-56(42-34-53)70-62-45-46-64-69(68(62)61-26-14-16-28-65(61)73-70)60-25-13-15-27-63(60)72(64,58-21-9-3-10-22-58)59-23-11-4-12-24-59;1-4-16-44(17-5-1)62(45-18-6-2-7-19-45)54-25-13-10-23-51(54)60-55(62)39-38-53-59(60)52-24-11-14-26-56(52)63-61(53)43-30-28-41(29-31-43)42-32-34-47(35-33-42)64(46-20-8-3-9-21-46)48-36-37-50-49-22-12-15-27-57(49)65-58(50)40-48/h1-47H;1-40H. The summed E-state index contributed by atoms with van der Waals surface area (Å²) in [5, 5.41) is 9.71. The first-order valence-corrected chi connectivity index (χ1v) is 48.8. The highest BCUT2D eigenvalue weighted by molar-refractivity contribution is 7.25. The van der Waals surface area contributed by atoms with Gasteiger partial charge in [0.25, 0.3) is 0 Å². The third-order valence-electron chi connectivity index (χ3n) is 28.8. The fourth-order valence-corrected chi connectivity index (χ4v) is 23.5. The number of hydrogen-bond acceptors (Lipinski definition) is 6. The first-order chi connectivity index (χ1) is 69.4. The molecule has 0 amide bonds. The second-order valence-electron chi connectivity index (χ2n) is 36.4. The molecule has 0 N–H and O–H groups in total. The minimum atomic E-state index is -0.493. The van der Waals surface area contributed by atoms with Gasteiger partial charge in [-0.05, 0) is 172 Å². The van der Waals surface area contributed by atoms with Crippen LogP contribution < -0.4 is 4.90 Å². The van der Waals surface area contributed by atoms with Crippen LogP contribution in [0.2, 0.25) is 0 Å². The molecule has 27 rings (SSSR count). The summed E-state index contributed by atoms with van der Waals surface area (Å²) in [5.41, 5.74) is 37.9.